The molecule has 10 nitrogen and oxygen atoms in total. The van der Waals surface area contributed by atoms with Crippen molar-refractivity contribution in [2.24, 2.45) is 5.92 Å². The molecule has 1 aromatic heterocycles. The fourth-order valence-electron chi connectivity index (χ4n) is 4.66. The number of nitrogens with one attached hydrogen (secondary N) is 2. The summed E-state index contributed by atoms with van der Waals surface area (Å²) in [5.74, 6) is 0.865. The number of pyridine rings is 1. The molecule has 0 saturated carbocycles. The number of aliphatic hydroxyl groups is 1. The minimum Gasteiger partial charge on any atom is -0.497 e. The van der Waals surface area contributed by atoms with Gasteiger partial charge in [-0.1, -0.05) is 6.92 Å². The third-order valence-corrected chi connectivity index (χ3v) is 6.96. The van der Waals surface area contributed by atoms with Crippen LogP contribution in [0.3, 0.4) is 0 Å². The summed E-state index contributed by atoms with van der Waals surface area (Å²) < 4.78 is 11.6. The molecule has 3 atom stereocenters. The fourth-order valence-corrected chi connectivity index (χ4v) is 4.66. The quantitative estimate of drug-likeness (QED) is 0.370. The van der Waals surface area contributed by atoms with Crippen LogP contribution >= 0.6 is 0 Å². The van der Waals surface area contributed by atoms with E-state index < -0.39 is 6.03 Å². The molecule has 0 fully saturated rings. The maximum absolute atomic E-state index is 13.7. The topological polar surface area (TPSA) is 116 Å². The number of likely N-dealkylation sites (N-methyl/N-ethyl adjacent to an activating group) is 1. The highest BCUT2D eigenvalue weighted by Gasteiger charge is 2.33. The molecule has 0 bridgehead atoms. The second-order valence-electron chi connectivity index (χ2n) is 10.2. The smallest absolute Gasteiger partial charge is 0.323 e. The lowest BCUT2D eigenvalue weighted by Crippen LogP contribution is -2.49. The molecule has 2 aromatic carbocycles. The lowest BCUT2D eigenvalue weighted by atomic mass is 9.99. The third-order valence-electron chi connectivity index (χ3n) is 6.96. The summed E-state index contributed by atoms with van der Waals surface area (Å²) in [6.07, 6.45) is 3.33. The Balaban J connectivity index is 1.54. The molecule has 0 unspecified atom stereocenters. The van der Waals surface area contributed by atoms with Gasteiger partial charge in [-0.25, -0.2) is 4.79 Å². The van der Waals surface area contributed by atoms with Crippen LogP contribution in [0, 0.1) is 5.92 Å². The predicted molar refractivity (Wildman–Crippen MR) is 154 cm³/mol. The average Bonchev–Trinajstić information content (AvgIpc) is 2.95. The summed E-state index contributed by atoms with van der Waals surface area (Å²) in [6, 6.07) is 15.1. The molecular formula is C30H37N5O5. The molecule has 1 aliphatic rings. The minimum absolute atomic E-state index is 0.000865. The van der Waals surface area contributed by atoms with Gasteiger partial charge in [0.15, 0.2) is 0 Å². The van der Waals surface area contributed by atoms with Gasteiger partial charge in [-0.15, -0.1) is 0 Å². The zero-order valence-corrected chi connectivity index (χ0v) is 23.3. The monoisotopic (exact) mass is 547 g/mol. The Morgan fingerprint density at radius 2 is 1.82 bits per heavy atom. The molecule has 40 heavy (non-hydrogen) atoms. The highest BCUT2D eigenvalue weighted by Crippen LogP contribution is 2.31. The van der Waals surface area contributed by atoms with E-state index in [-0.39, 0.29) is 30.6 Å². The SMILES string of the molecule is COc1ccc(NC(=O)Nc2ccc3c(c2)C(=O)N([C@H](C)CO)C[C@@H](C)[C@@H](CN(C)Cc2ccncc2)O3)cc1. The lowest BCUT2D eigenvalue weighted by molar-refractivity contribution is 0.0341. The van der Waals surface area contributed by atoms with E-state index in [2.05, 4.69) is 27.4 Å². The number of methoxy groups -OCH3 is 1. The van der Waals surface area contributed by atoms with Gasteiger partial charge in [0.05, 0.1) is 25.3 Å². The Kier molecular flexibility index (Phi) is 9.57. The molecule has 0 radical (unpaired) electrons. The van der Waals surface area contributed by atoms with Crippen molar-refractivity contribution in [3.63, 3.8) is 0 Å². The van der Waals surface area contributed by atoms with E-state index in [1.54, 1.807) is 66.9 Å². The number of rotatable bonds is 9. The zero-order valence-electron chi connectivity index (χ0n) is 23.3. The Hall–Kier alpha value is -4.15. The van der Waals surface area contributed by atoms with Crippen molar-refractivity contribution in [1.29, 1.82) is 0 Å². The summed E-state index contributed by atoms with van der Waals surface area (Å²) in [4.78, 5) is 34.3. The van der Waals surface area contributed by atoms with Crippen LogP contribution < -0.4 is 20.1 Å². The summed E-state index contributed by atoms with van der Waals surface area (Å²) in [7, 11) is 3.61. The van der Waals surface area contributed by atoms with Crippen LogP contribution in [0.5, 0.6) is 11.5 Å². The molecule has 1 aliphatic heterocycles. The highest BCUT2D eigenvalue weighted by molar-refractivity contribution is 6.02. The Morgan fingerprint density at radius 1 is 1.15 bits per heavy atom. The van der Waals surface area contributed by atoms with Crippen LogP contribution in [-0.4, -0.2) is 77.8 Å². The maximum Gasteiger partial charge on any atom is 0.323 e. The van der Waals surface area contributed by atoms with Crippen molar-refractivity contribution in [2.75, 3.05) is 44.5 Å². The van der Waals surface area contributed by atoms with Crippen LogP contribution in [0.2, 0.25) is 0 Å². The molecule has 212 valence electrons. The Labute approximate surface area is 234 Å². The summed E-state index contributed by atoms with van der Waals surface area (Å²) >= 11 is 0. The Bertz CT molecular complexity index is 1290. The molecular weight excluding hydrogens is 510 g/mol. The molecule has 0 saturated heterocycles. The molecule has 3 N–H and O–H groups in total. The third kappa shape index (κ3) is 7.28. The highest BCUT2D eigenvalue weighted by atomic mass is 16.5. The molecule has 0 spiro atoms. The lowest BCUT2D eigenvalue weighted by Gasteiger charge is -2.38. The second-order valence-corrected chi connectivity index (χ2v) is 10.2. The first-order valence-corrected chi connectivity index (χ1v) is 13.3. The van der Waals surface area contributed by atoms with Crippen LogP contribution in [0.4, 0.5) is 16.2 Å². The molecule has 2 heterocycles. The van der Waals surface area contributed by atoms with Gasteiger partial charge in [0.2, 0.25) is 0 Å². The van der Waals surface area contributed by atoms with Gasteiger partial charge in [0.25, 0.3) is 5.91 Å². The number of hydrogen-bond acceptors (Lipinski definition) is 7. The number of aliphatic hydroxyl groups excluding tert-OH is 1. The normalized spacial score (nSPS) is 17.8. The van der Waals surface area contributed by atoms with Crippen molar-refractivity contribution >= 4 is 23.3 Å². The van der Waals surface area contributed by atoms with E-state index in [1.165, 1.54) is 0 Å². The van der Waals surface area contributed by atoms with Crippen LogP contribution in [-0.2, 0) is 6.54 Å². The van der Waals surface area contributed by atoms with E-state index >= 15 is 0 Å². The van der Waals surface area contributed by atoms with Crippen LogP contribution in [0.15, 0.2) is 67.0 Å². The molecule has 0 aliphatic carbocycles. The van der Waals surface area contributed by atoms with Gasteiger partial charge in [0.1, 0.15) is 17.6 Å². The zero-order chi connectivity index (χ0) is 28.6. The number of aromatic nitrogens is 1. The number of urea groups is 1. The second kappa shape index (κ2) is 13.3. The minimum atomic E-state index is -0.450. The molecule has 4 rings (SSSR count). The number of anilines is 2. The van der Waals surface area contributed by atoms with Crippen molar-refractivity contribution in [3.8, 4) is 11.5 Å². The van der Waals surface area contributed by atoms with Crippen LogP contribution in [0.1, 0.15) is 29.8 Å². The number of carbonyl (C=O) groups is 2. The first kappa shape index (κ1) is 28.8. The molecule has 3 amide bonds. The van der Waals surface area contributed by atoms with Gasteiger partial charge < -0.3 is 30.1 Å². The van der Waals surface area contributed by atoms with E-state index in [4.69, 9.17) is 9.47 Å². The van der Waals surface area contributed by atoms with Crippen molar-refractivity contribution in [2.45, 2.75) is 32.5 Å². The van der Waals surface area contributed by atoms with Crippen molar-refractivity contribution < 1.29 is 24.2 Å². The van der Waals surface area contributed by atoms with Gasteiger partial charge in [0, 0.05) is 49.3 Å². The number of amides is 3. The summed E-state index contributed by atoms with van der Waals surface area (Å²) in [5.41, 5.74) is 2.51. The number of benzene rings is 2. The Morgan fingerprint density at radius 3 is 2.50 bits per heavy atom. The predicted octanol–water partition coefficient (Wildman–Crippen LogP) is 4.09. The van der Waals surface area contributed by atoms with Gasteiger partial charge >= 0.3 is 6.03 Å². The summed E-state index contributed by atoms with van der Waals surface area (Å²) in [6.45, 7) is 5.49. The standard InChI is InChI=1S/C30H37N5O5/c1-20-16-35(21(2)19-36)29(37)26-15-24(33-30(38)32-23-5-8-25(39-4)9-6-23)7-10-27(26)40-28(20)18-34(3)17-22-11-13-31-14-12-22/h5-15,20-21,28,36H,16-19H2,1-4H3,(H2,32,33,38)/t20-,21-,28-/m1/s1. The largest absolute Gasteiger partial charge is 0.497 e. The van der Waals surface area contributed by atoms with Gasteiger partial charge in [-0.05, 0) is 74.1 Å². The van der Waals surface area contributed by atoms with E-state index in [0.717, 1.165) is 12.1 Å². The van der Waals surface area contributed by atoms with E-state index in [1.807, 2.05) is 26.1 Å². The van der Waals surface area contributed by atoms with Gasteiger partial charge in [-0.2, -0.15) is 0 Å². The number of nitrogens with zero attached hydrogens (tertiary/aromatic N) is 3. The number of fused-ring (bicyclic) bond motifs is 1. The van der Waals surface area contributed by atoms with Crippen LogP contribution in [0.25, 0.3) is 0 Å². The van der Waals surface area contributed by atoms with Crippen molar-refractivity contribution in [1.82, 2.24) is 14.8 Å². The van der Waals surface area contributed by atoms with Crippen molar-refractivity contribution in [3.05, 3.63) is 78.1 Å². The molecule has 10 heteroatoms. The number of ether oxygens (including phenoxy) is 2. The first-order chi connectivity index (χ1) is 19.3. The molecule has 3 aromatic rings. The van der Waals surface area contributed by atoms with E-state index in [9.17, 15) is 14.7 Å². The maximum atomic E-state index is 13.7. The number of carbonyl (C=O) groups excluding carboxylic acids is 2. The average molecular weight is 548 g/mol. The fraction of sp³-hybridized carbons (Fsp3) is 0.367. The number of hydrogen-bond donors (Lipinski definition) is 3. The van der Waals surface area contributed by atoms with E-state index in [0.29, 0.717) is 41.5 Å². The van der Waals surface area contributed by atoms with Gasteiger partial charge in [-0.3, -0.25) is 14.7 Å². The summed E-state index contributed by atoms with van der Waals surface area (Å²) in [5, 5.41) is 15.5. The first-order valence-electron chi connectivity index (χ1n) is 13.3.